The minimum absolute atomic E-state index is 0.159. The molecule has 0 aliphatic carbocycles. The molecule has 0 radical (unpaired) electrons. The van der Waals surface area contributed by atoms with Crippen LogP contribution in [0.15, 0.2) is 52.2 Å². The summed E-state index contributed by atoms with van der Waals surface area (Å²) >= 11 is 0. The van der Waals surface area contributed by atoms with E-state index in [9.17, 15) is 0 Å². The fourth-order valence-electron chi connectivity index (χ4n) is 3.36. The molecule has 0 spiro atoms. The molecule has 1 fully saturated rings. The second kappa shape index (κ2) is 7.96. The molecule has 0 amide bonds. The third-order valence-electron chi connectivity index (χ3n) is 4.90. The molecule has 0 aromatic heterocycles. The Labute approximate surface area is 160 Å². The predicted octanol–water partition coefficient (Wildman–Crippen LogP) is 3.13. The standard InChI is InChI=1S/C21H26N4O2/c1-3-24-13-19-21(25(4-2)15-24)23-20(22-19)9-8-16-6-5-7-17(12-16)27-18-10-11-26-14-18/h5-9,12-13,18H,3-4,10-11,14-15H2,1-2H3/b9-8+/t18-/m0/s1. The maximum absolute atomic E-state index is 5.98. The molecule has 0 N–H and O–H groups in total. The Balaban J connectivity index is 1.48. The molecule has 6 heteroatoms. The molecule has 1 aromatic rings. The van der Waals surface area contributed by atoms with Crippen molar-refractivity contribution in [2.75, 3.05) is 33.0 Å². The number of amidine groups is 2. The van der Waals surface area contributed by atoms with Crippen molar-refractivity contribution in [3.63, 3.8) is 0 Å². The van der Waals surface area contributed by atoms with Crippen molar-refractivity contribution in [2.24, 2.45) is 9.98 Å². The van der Waals surface area contributed by atoms with E-state index in [0.717, 1.165) is 61.5 Å². The minimum Gasteiger partial charge on any atom is -0.488 e. The SMILES string of the molecule is CCN1C=C2N=C(/C=C/c3cccc(O[C@H]4CCOC4)c3)N=C2N(CC)C1. The lowest BCUT2D eigenvalue weighted by Crippen LogP contribution is -2.43. The molecule has 4 rings (SSSR count). The molecule has 0 unspecified atom stereocenters. The van der Waals surface area contributed by atoms with E-state index < -0.39 is 0 Å². The summed E-state index contributed by atoms with van der Waals surface area (Å²) in [5, 5.41) is 0. The third kappa shape index (κ3) is 4.06. The van der Waals surface area contributed by atoms with Crippen LogP contribution in [0.2, 0.25) is 0 Å². The van der Waals surface area contributed by atoms with Gasteiger partial charge in [-0.1, -0.05) is 18.2 Å². The average molecular weight is 366 g/mol. The van der Waals surface area contributed by atoms with Gasteiger partial charge in [0.05, 0.1) is 19.9 Å². The zero-order valence-corrected chi connectivity index (χ0v) is 16.0. The van der Waals surface area contributed by atoms with Gasteiger partial charge in [-0.2, -0.15) is 0 Å². The molecular weight excluding hydrogens is 340 g/mol. The number of hydrogen-bond donors (Lipinski definition) is 0. The fourth-order valence-corrected chi connectivity index (χ4v) is 3.36. The minimum atomic E-state index is 0.159. The zero-order chi connectivity index (χ0) is 18.6. The van der Waals surface area contributed by atoms with Gasteiger partial charge in [-0.25, -0.2) is 9.98 Å². The number of fused-ring (bicyclic) bond motifs is 1. The first kappa shape index (κ1) is 17.8. The highest BCUT2D eigenvalue weighted by Gasteiger charge is 2.26. The monoisotopic (exact) mass is 366 g/mol. The van der Waals surface area contributed by atoms with E-state index in [0.29, 0.717) is 6.61 Å². The van der Waals surface area contributed by atoms with E-state index in [1.54, 1.807) is 0 Å². The Kier molecular flexibility index (Phi) is 5.25. The lowest BCUT2D eigenvalue weighted by Gasteiger charge is -2.33. The molecule has 0 bridgehead atoms. The van der Waals surface area contributed by atoms with Gasteiger partial charge in [0.15, 0.2) is 11.7 Å². The maximum Gasteiger partial charge on any atom is 0.160 e. The molecule has 0 saturated carbocycles. The number of ether oxygens (including phenoxy) is 2. The van der Waals surface area contributed by atoms with Crippen molar-refractivity contribution < 1.29 is 9.47 Å². The number of hydrogen-bond acceptors (Lipinski definition) is 6. The molecule has 3 aliphatic heterocycles. The van der Waals surface area contributed by atoms with Crippen LogP contribution in [0.1, 0.15) is 25.8 Å². The van der Waals surface area contributed by atoms with E-state index in [4.69, 9.17) is 14.5 Å². The largest absolute Gasteiger partial charge is 0.488 e. The van der Waals surface area contributed by atoms with Gasteiger partial charge in [0.2, 0.25) is 0 Å². The van der Waals surface area contributed by atoms with Crippen molar-refractivity contribution >= 4 is 17.7 Å². The van der Waals surface area contributed by atoms with Crippen LogP contribution >= 0.6 is 0 Å². The molecule has 6 nitrogen and oxygen atoms in total. The average Bonchev–Trinajstić information content (AvgIpc) is 3.35. The Morgan fingerprint density at radius 2 is 2.15 bits per heavy atom. The summed E-state index contributed by atoms with van der Waals surface area (Å²) < 4.78 is 11.4. The highest BCUT2D eigenvalue weighted by atomic mass is 16.5. The summed E-state index contributed by atoms with van der Waals surface area (Å²) in [5.74, 6) is 2.59. The summed E-state index contributed by atoms with van der Waals surface area (Å²) in [6.45, 7) is 8.51. The van der Waals surface area contributed by atoms with Gasteiger partial charge in [0.1, 0.15) is 17.6 Å². The van der Waals surface area contributed by atoms with Crippen LogP contribution in [0, 0.1) is 0 Å². The van der Waals surface area contributed by atoms with Gasteiger partial charge >= 0.3 is 0 Å². The molecule has 1 atom stereocenters. The topological polar surface area (TPSA) is 49.7 Å². The van der Waals surface area contributed by atoms with E-state index in [1.807, 2.05) is 30.4 Å². The normalized spacial score (nSPS) is 22.0. The van der Waals surface area contributed by atoms with Crippen molar-refractivity contribution in [1.29, 1.82) is 0 Å². The molecule has 142 valence electrons. The van der Waals surface area contributed by atoms with Crippen LogP contribution < -0.4 is 4.74 Å². The van der Waals surface area contributed by atoms with E-state index in [2.05, 4.69) is 40.9 Å². The van der Waals surface area contributed by atoms with Crippen LogP contribution in [-0.4, -0.2) is 60.5 Å². The van der Waals surface area contributed by atoms with Crippen LogP contribution in [0.4, 0.5) is 0 Å². The summed E-state index contributed by atoms with van der Waals surface area (Å²) in [4.78, 5) is 13.9. The highest BCUT2D eigenvalue weighted by Crippen LogP contribution is 2.22. The summed E-state index contributed by atoms with van der Waals surface area (Å²) in [7, 11) is 0. The first-order chi connectivity index (χ1) is 13.2. The Morgan fingerprint density at radius 1 is 1.22 bits per heavy atom. The number of aliphatic imine (C=N–C) groups is 2. The van der Waals surface area contributed by atoms with Crippen molar-refractivity contribution in [3.8, 4) is 5.75 Å². The van der Waals surface area contributed by atoms with Gasteiger partial charge in [0.25, 0.3) is 0 Å². The molecule has 1 saturated heterocycles. The van der Waals surface area contributed by atoms with Gasteiger partial charge in [0, 0.05) is 25.7 Å². The lowest BCUT2D eigenvalue weighted by molar-refractivity contribution is 0.141. The summed E-state index contributed by atoms with van der Waals surface area (Å²) in [5.41, 5.74) is 2.02. The summed E-state index contributed by atoms with van der Waals surface area (Å²) in [6, 6.07) is 8.09. The van der Waals surface area contributed by atoms with Crippen LogP contribution in [0.3, 0.4) is 0 Å². The van der Waals surface area contributed by atoms with Gasteiger partial charge < -0.3 is 19.3 Å². The van der Waals surface area contributed by atoms with E-state index in [-0.39, 0.29) is 6.10 Å². The molecule has 27 heavy (non-hydrogen) atoms. The van der Waals surface area contributed by atoms with E-state index in [1.165, 1.54) is 0 Å². The predicted molar refractivity (Wildman–Crippen MR) is 108 cm³/mol. The van der Waals surface area contributed by atoms with Crippen LogP contribution in [-0.2, 0) is 4.74 Å². The van der Waals surface area contributed by atoms with Crippen molar-refractivity contribution in [1.82, 2.24) is 9.80 Å². The Hall–Kier alpha value is -2.60. The zero-order valence-electron chi connectivity index (χ0n) is 16.0. The molecule has 3 aliphatic rings. The second-order valence-corrected chi connectivity index (χ2v) is 6.83. The van der Waals surface area contributed by atoms with Gasteiger partial charge in [-0.3, -0.25) is 0 Å². The Morgan fingerprint density at radius 3 is 2.93 bits per heavy atom. The lowest BCUT2D eigenvalue weighted by atomic mass is 10.2. The van der Waals surface area contributed by atoms with Gasteiger partial charge in [-0.05, 0) is 37.6 Å². The van der Waals surface area contributed by atoms with Crippen LogP contribution in [0.25, 0.3) is 6.08 Å². The smallest absolute Gasteiger partial charge is 0.160 e. The summed E-state index contributed by atoms with van der Waals surface area (Å²) in [6.07, 6.45) is 7.21. The van der Waals surface area contributed by atoms with E-state index >= 15 is 0 Å². The highest BCUT2D eigenvalue weighted by molar-refractivity contribution is 6.16. The van der Waals surface area contributed by atoms with Crippen LogP contribution in [0.5, 0.6) is 5.75 Å². The van der Waals surface area contributed by atoms with Crippen molar-refractivity contribution in [3.05, 3.63) is 47.8 Å². The quantitative estimate of drug-likeness (QED) is 0.776. The second-order valence-electron chi connectivity index (χ2n) is 6.83. The number of benzene rings is 1. The van der Waals surface area contributed by atoms with Crippen molar-refractivity contribution in [2.45, 2.75) is 26.4 Å². The molecule has 3 heterocycles. The Bertz CT molecular complexity index is 806. The number of rotatable bonds is 6. The third-order valence-corrected chi connectivity index (χ3v) is 4.90. The van der Waals surface area contributed by atoms with Gasteiger partial charge in [-0.15, -0.1) is 0 Å². The molecular formula is C21H26N4O2. The first-order valence-electron chi connectivity index (χ1n) is 9.66. The molecule has 1 aromatic carbocycles. The first-order valence-corrected chi connectivity index (χ1v) is 9.66. The maximum atomic E-state index is 5.98. The number of nitrogens with zero attached hydrogens (tertiary/aromatic N) is 4. The number of likely N-dealkylation sites (N-methyl/N-ethyl adjacent to an activating group) is 1. The fraction of sp³-hybridized carbons (Fsp3) is 0.429.